The Morgan fingerprint density at radius 3 is 2.44 bits per heavy atom. The lowest BCUT2D eigenvalue weighted by Crippen LogP contribution is -2.22. The lowest BCUT2D eigenvalue weighted by Gasteiger charge is -2.11. The van der Waals surface area contributed by atoms with Crippen LogP contribution < -0.4 is 14.8 Å². The van der Waals surface area contributed by atoms with Gasteiger partial charge in [-0.15, -0.1) is 10.2 Å². The Hall–Kier alpha value is -4.63. The van der Waals surface area contributed by atoms with E-state index >= 15 is 0 Å². The minimum Gasteiger partial charge on any atom is -0.454 e. The first-order valence-corrected chi connectivity index (χ1v) is 13.4. The van der Waals surface area contributed by atoms with Gasteiger partial charge in [0.1, 0.15) is 0 Å². The smallest absolute Gasteiger partial charge is 0.251 e. The predicted octanol–water partition coefficient (Wildman–Crippen LogP) is 5.59. The molecule has 0 saturated carbocycles. The van der Waals surface area contributed by atoms with Gasteiger partial charge in [0.25, 0.3) is 5.91 Å². The summed E-state index contributed by atoms with van der Waals surface area (Å²) in [5, 5.41) is 12.8. The highest BCUT2D eigenvalue weighted by Gasteiger charge is 2.17. The number of rotatable bonds is 8. The SMILES string of the molecule is Cc1ccc(-n2c(SCc3ccc(C(=O)NCc4ccc5c(c4)OCO5)cc3)nnc2-c2ccncc2)cc1. The number of thioether (sulfide) groups is 1. The van der Waals surface area contributed by atoms with E-state index in [-0.39, 0.29) is 12.7 Å². The Morgan fingerprint density at radius 2 is 1.64 bits per heavy atom. The summed E-state index contributed by atoms with van der Waals surface area (Å²) in [6.45, 7) is 2.70. The highest BCUT2D eigenvalue weighted by atomic mass is 32.2. The fourth-order valence-electron chi connectivity index (χ4n) is 4.21. The van der Waals surface area contributed by atoms with Gasteiger partial charge < -0.3 is 14.8 Å². The minimum absolute atomic E-state index is 0.132. The maximum absolute atomic E-state index is 12.7. The third kappa shape index (κ3) is 5.49. The van der Waals surface area contributed by atoms with E-state index in [1.807, 2.05) is 54.6 Å². The first-order chi connectivity index (χ1) is 19.1. The van der Waals surface area contributed by atoms with E-state index in [1.165, 1.54) is 5.56 Å². The Kier molecular flexibility index (Phi) is 6.97. The molecule has 194 valence electrons. The highest BCUT2D eigenvalue weighted by Crippen LogP contribution is 2.32. The molecule has 1 aliphatic rings. The predicted molar refractivity (Wildman–Crippen MR) is 149 cm³/mol. The third-order valence-electron chi connectivity index (χ3n) is 6.34. The highest BCUT2D eigenvalue weighted by molar-refractivity contribution is 7.98. The molecule has 8 nitrogen and oxygen atoms in total. The quantitative estimate of drug-likeness (QED) is 0.259. The summed E-state index contributed by atoms with van der Waals surface area (Å²) in [6.07, 6.45) is 3.51. The van der Waals surface area contributed by atoms with Gasteiger partial charge in [-0.25, -0.2) is 0 Å². The summed E-state index contributed by atoms with van der Waals surface area (Å²) >= 11 is 1.60. The number of aryl methyl sites for hydroxylation is 1. The Bertz CT molecular complexity index is 1600. The molecular weight excluding hydrogens is 510 g/mol. The second-order valence-electron chi connectivity index (χ2n) is 9.07. The standard InChI is InChI=1S/C30H25N5O3S/c1-20-2-9-25(10-3-20)35-28(23-12-14-31-15-13-23)33-34-30(35)39-18-21-4-7-24(8-5-21)29(36)32-17-22-6-11-26-27(16-22)38-19-37-26/h2-16H,17-19H2,1H3,(H,32,36). The normalized spacial score (nSPS) is 11.9. The number of hydrogen-bond donors (Lipinski definition) is 1. The maximum Gasteiger partial charge on any atom is 0.251 e. The van der Waals surface area contributed by atoms with E-state index in [4.69, 9.17) is 9.47 Å². The molecule has 2 aromatic heterocycles. The Morgan fingerprint density at radius 1 is 0.897 bits per heavy atom. The van der Waals surface area contributed by atoms with Crippen molar-refractivity contribution in [3.63, 3.8) is 0 Å². The van der Waals surface area contributed by atoms with Gasteiger partial charge in [0, 0.05) is 41.5 Å². The molecule has 3 heterocycles. The summed E-state index contributed by atoms with van der Waals surface area (Å²) in [6, 6.07) is 25.5. The Labute approximate surface area is 230 Å². The average Bonchev–Trinajstić information content (AvgIpc) is 3.63. The summed E-state index contributed by atoms with van der Waals surface area (Å²) in [7, 11) is 0. The lowest BCUT2D eigenvalue weighted by atomic mass is 10.1. The molecule has 1 aliphatic heterocycles. The molecule has 0 unspecified atom stereocenters. The molecule has 0 spiro atoms. The number of fused-ring (bicyclic) bond motifs is 1. The summed E-state index contributed by atoms with van der Waals surface area (Å²) in [5.41, 5.74) is 5.76. The molecule has 39 heavy (non-hydrogen) atoms. The first-order valence-electron chi connectivity index (χ1n) is 12.5. The summed E-state index contributed by atoms with van der Waals surface area (Å²) in [5.74, 6) is 2.74. The number of benzene rings is 3. The van der Waals surface area contributed by atoms with Gasteiger partial charge in [-0.2, -0.15) is 0 Å². The largest absolute Gasteiger partial charge is 0.454 e. The molecule has 5 aromatic rings. The van der Waals surface area contributed by atoms with E-state index in [1.54, 1.807) is 24.2 Å². The van der Waals surface area contributed by atoms with Crippen molar-refractivity contribution in [2.75, 3.05) is 6.79 Å². The molecule has 0 bridgehead atoms. The molecule has 1 N–H and O–H groups in total. The first kappa shape index (κ1) is 24.7. The maximum atomic E-state index is 12.7. The van der Waals surface area contributed by atoms with Gasteiger partial charge in [-0.1, -0.05) is 47.7 Å². The van der Waals surface area contributed by atoms with E-state index in [0.717, 1.165) is 39.1 Å². The number of aromatic nitrogens is 4. The van der Waals surface area contributed by atoms with Crippen LogP contribution in [-0.2, 0) is 12.3 Å². The molecule has 0 fully saturated rings. The second-order valence-corrected chi connectivity index (χ2v) is 10.0. The number of pyridine rings is 1. The molecule has 0 saturated heterocycles. The van der Waals surface area contributed by atoms with E-state index in [2.05, 4.69) is 56.3 Å². The second kappa shape index (κ2) is 11.0. The van der Waals surface area contributed by atoms with Crippen molar-refractivity contribution in [3.8, 4) is 28.6 Å². The number of ether oxygens (including phenoxy) is 2. The molecule has 1 amide bonds. The minimum atomic E-state index is -0.132. The van der Waals surface area contributed by atoms with Gasteiger partial charge >= 0.3 is 0 Å². The third-order valence-corrected chi connectivity index (χ3v) is 7.34. The van der Waals surface area contributed by atoms with E-state index in [9.17, 15) is 4.79 Å². The fourth-order valence-corrected chi connectivity index (χ4v) is 5.12. The van der Waals surface area contributed by atoms with E-state index in [0.29, 0.717) is 23.6 Å². The molecular formula is C30H25N5O3S. The number of amides is 1. The van der Waals surface area contributed by atoms with Gasteiger partial charge in [0.2, 0.25) is 6.79 Å². The topological polar surface area (TPSA) is 91.2 Å². The molecule has 0 atom stereocenters. The number of carbonyl (C=O) groups is 1. The van der Waals surface area contributed by atoms with Crippen molar-refractivity contribution < 1.29 is 14.3 Å². The van der Waals surface area contributed by atoms with Gasteiger partial charge in [0.15, 0.2) is 22.5 Å². The van der Waals surface area contributed by atoms with Crippen LogP contribution in [0.1, 0.15) is 27.0 Å². The molecule has 3 aromatic carbocycles. The number of hydrogen-bond acceptors (Lipinski definition) is 7. The fraction of sp³-hybridized carbons (Fsp3) is 0.133. The van der Waals surface area contributed by atoms with Crippen molar-refractivity contribution in [2.24, 2.45) is 0 Å². The zero-order valence-electron chi connectivity index (χ0n) is 21.2. The van der Waals surface area contributed by atoms with Crippen LogP contribution in [0.15, 0.2) is 96.4 Å². The van der Waals surface area contributed by atoms with Crippen molar-refractivity contribution in [2.45, 2.75) is 24.4 Å². The van der Waals surface area contributed by atoms with Crippen LogP contribution in [0.5, 0.6) is 11.5 Å². The Balaban J connectivity index is 1.13. The average molecular weight is 536 g/mol. The van der Waals surface area contributed by atoms with Gasteiger partial charge in [-0.05, 0) is 66.6 Å². The monoisotopic (exact) mass is 535 g/mol. The van der Waals surface area contributed by atoms with Crippen molar-refractivity contribution in [3.05, 3.63) is 114 Å². The van der Waals surface area contributed by atoms with Crippen molar-refractivity contribution in [1.82, 2.24) is 25.1 Å². The van der Waals surface area contributed by atoms with Crippen LogP contribution >= 0.6 is 11.8 Å². The van der Waals surface area contributed by atoms with Crippen molar-refractivity contribution >= 4 is 17.7 Å². The zero-order valence-corrected chi connectivity index (χ0v) is 22.0. The lowest BCUT2D eigenvalue weighted by molar-refractivity contribution is 0.0951. The van der Waals surface area contributed by atoms with Crippen LogP contribution in [0.25, 0.3) is 17.1 Å². The van der Waals surface area contributed by atoms with Crippen LogP contribution in [-0.4, -0.2) is 32.4 Å². The summed E-state index contributed by atoms with van der Waals surface area (Å²) < 4.78 is 12.8. The number of carbonyl (C=O) groups excluding carboxylic acids is 1. The summed E-state index contributed by atoms with van der Waals surface area (Å²) in [4.78, 5) is 16.8. The van der Waals surface area contributed by atoms with Crippen LogP contribution in [0.2, 0.25) is 0 Å². The van der Waals surface area contributed by atoms with Crippen LogP contribution in [0, 0.1) is 6.92 Å². The number of nitrogens with one attached hydrogen (secondary N) is 1. The van der Waals surface area contributed by atoms with Gasteiger partial charge in [-0.3, -0.25) is 14.3 Å². The van der Waals surface area contributed by atoms with Gasteiger partial charge in [0.05, 0.1) is 0 Å². The van der Waals surface area contributed by atoms with Crippen molar-refractivity contribution in [1.29, 1.82) is 0 Å². The molecule has 9 heteroatoms. The zero-order chi connectivity index (χ0) is 26.6. The molecule has 0 radical (unpaired) electrons. The number of nitrogens with zero attached hydrogens (tertiary/aromatic N) is 4. The molecule has 6 rings (SSSR count). The van der Waals surface area contributed by atoms with E-state index < -0.39 is 0 Å². The molecule has 0 aliphatic carbocycles. The van der Waals surface area contributed by atoms with Crippen LogP contribution in [0.4, 0.5) is 0 Å². The van der Waals surface area contributed by atoms with Crippen LogP contribution in [0.3, 0.4) is 0 Å².